The van der Waals surface area contributed by atoms with Crippen LogP contribution in [-0.4, -0.2) is 12.9 Å². The molecule has 0 amide bonds. The first-order chi connectivity index (χ1) is 8.72. The van der Waals surface area contributed by atoms with Gasteiger partial charge in [0.25, 0.3) is 0 Å². The summed E-state index contributed by atoms with van der Waals surface area (Å²) in [6.07, 6.45) is 5.60. The number of ether oxygens (including phenoxy) is 1. The van der Waals surface area contributed by atoms with Gasteiger partial charge in [-0.15, -0.1) is 11.8 Å². The van der Waals surface area contributed by atoms with Crippen LogP contribution in [0.5, 0.6) is 5.75 Å². The van der Waals surface area contributed by atoms with Crippen LogP contribution in [0.1, 0.15) is 44.2 Å². The predicted molar refractivity (Wildman–Crippen MR) is 78.3 cm³/mol. The molecule has 0 aliphatic heterocycles. The molecular formula is C15H23NOS. The maximum Gasteiger partial charge on any atom is 0.124 e. The molecule has 2 nitrogen and oxygen atoms in total. The highest BCUT2D eigenvalue weighted by Crippen LogP contribution is 2.37. The Morgan fingerprint density at radius 3 is 2.72 bits per heavy atom. The van der Waals surface area contributed by atoms with Crippen LogP contribution in [0.25, 0.3) is 0 Å². The lowest BCUT2D eigenvalue weighted by atomic mass is 10.1. The summed E-state index contributed by atoms with van der Waals surface area (Å²) in [5, 5.41) is 0. The summed E-state index contributed by atoms with van der Waals surface area (Å²) in [4.78, 5) is 1.29. The van der Waals surface area contributed by atoms with Crippen LogP contribution < -0.4 is 10.5 Å². The summed E-state index contributed by atoms with van der Waals surface area (Å²) < 4.78 is 5.43. The fraction of sp³-hybridized carbons (Fsp3) is 0.600. The highest BCUT2D eigenvalue weighted by Gasteiger charge is 2.18. The Bertz CT molecular complexity index is 386. The minimum Gasteiger partial charge on any atom is -0.496 e. The standard InChI is InChI=1S/C15H23NOS/c1-11(16)15-13(17-2)8-5-9-14(15)18-10-12-6-3-4-7-12/h5,8-9,11-12H,3-4,6-7,10,16H2,1-2H3/t11-/m0/s1. The SMILES string of the molecule is COc1cccc(SCC2CCCC2)c1[C@H](C)N. The topological polar surface area (TPSA) is 35.2 Å². The first kappa shape index (κ1) is 13.8. The fourth-order valence-electron chi connectivity index (χ4n) is 2.66. The normalized spacial score (nSPS) is 17.9. The van der Waals surface area contributed by atoms with E-state index in [9.17, 15) is 0 Å². The molecule has 1 saturated carbocycles. The van der Waals surface area contributed by atoms with Crippen LogP contribution in [0.2, 0.25) is 0 Å². The number of nitrogens with two attached hydrogens (primary N) is 1. The average Bonchev–Trinajstić information content (AvgIpc) is 2.88. The Labute approximate surface area is 114 Å². The quantitative estimate of drug-likeness (QED) is 0.817. The highest BCUT2D eigenvalue weighted by molar-refractivity contribution is 7.99. The number of thioether (sulfide) groups is 1. The molecule has 0 saturated heterocycles. The molecule has 1 aromatic carbocycles. The van der Waals surface area contributed by atoms with Crippen molar-refractivity contribution in [1.29, 1.82) is 0 Å². The van der Waals surface area contributed by atoms with Gasteiger partial charge in [-0.1, -0.05) is 18.9 Å². The Hall–Kier alpha value is -0.670. The molecule has 0 aromatic heterocycles. The third-order valence-electron chi connectivity index (χ3n) is 3.65. The van der Waals surface area contributed by atoms with Crippen molar-refractivity contribution in [2.24, 2.45) is 11.7 Å². The summed E-state index contributed by atoms with van der Waals surface area (Å²) in [5.41, 5.74) is 7.24. The van der Waals surface area contributed by atoms with Crippen molar-refractivity contribution < 1.29 is 4.74 Å². The van der Waals surface area contributed by atoms with Gasteiger partial charge in [0.2, 0.25) is 0 Å². The first-order valence-electron chi connectivity index (χ1n) is 6.77. The monoisotopic (exact) mass is 265 g/mol. The molecule has 0 unspecified atom stereocenters. The minimum atomic E-state index is 0.0206. The molecule has 18 heavy (non-hydrogen) atoms. The number of hydrogen-bond donors (Lipinski definition) is 1. The molecule has 0 heterocycles. The van der Waals surface area contributed by atoms with Gasteiger partial charge in [-0.25, -0.2) is 0 Å². The highest BCUT2D eigenvalue weighted by atomic mass is 32.2. The van der Waals surface area contributed by atoms with Gasteiger partial charge in [0.15, 0.2) is 0 Å². The van der Waals surface area contributed by atoms with Gasteiger partial charge in [0.1, 0.15) is 5.75 Å². The number of hydrogen-bond acceptors (Lipinski definition) is 3. The average molecular weight is 265 g/mol. The molecule has 3 heteroatoms. The van der Waals surface area contributed by atoms with Crippen molar-refractivity contribution in [3.8, 4) is 5.75 Å². The van der Waals surface area contributed by atoms with Gasteiger partial charge < -0.3 is 10.5 Å². The Morgan fingerprint density at radius 2 is 2.11 bits per heavy atom. The molecular weight excluding hydrogens is 242 g/mol. The van der Waals surface area contributed by atoms with Crippen LogP contribution >= 0.6 is 11.8 Å². The number of methoxy groups -OCH3 is 1. The molecule has 1 aromatic rings. The summed E-state index contributed by atoms with van der Waals surface area (Å²) in [7, 11) is 1.71. The van der Waals surface area contributed by atoms with Gasteiger partial charge in [-0.05, 0) is 37.8 Å². The molecule has 0 spiro atoms. The minimum absolute atomic E-state index is 0.0206. The summed E-state index contributed by atoms with van der Waals surface area (Å²) >= 11 is 1.94. The van der Waals surface area contributed by atoms with E-state index in [0.717, 1.165) is 17.2 Å². The van der Waals surface area contributed by atoms with E-state index in [1.165, 1.54) is 36.3 Å². The zero-order valence-electron chi connectivity index (χ0n) is 11.3. The smallest absolute Gasteiger partial charge is 0.124 e. The van der Waals surface area contributed by atoms with E-state index in [1.54, 1.807) is 7.11 Å². The van der Waals surface area contributed by atoms with Gasteiger partial charge in [0.05, 0.1) is 7.11 Å². The van der Waals surface area contributed by atoms with Crippen LogP contribution in [0, 0.1) is 5.92 Å². The third kappa shape index (κ3) is 3.21. The van der Waals surface area contributed by atoms with Gasteiger partial charge in [0, 0.05) is 22.3 Å². The van der Waals surface area contributed by atoms with Crippen molar-refractivity contribution in [1.82, 2.24) is 0 Å². The summed E-state index contributed by atoms with van der Waals surface area (Å²) in [5.74, 6) is 3.02. The predicted octanol–water partition coefficient (Wildman–Crippen LogP) is 4.00. The second kappa shape index (κ2) is 6.48. The fourth-order valence-corrected chi connectivity index (χ4v) is 4.03. The number of benzene rings is 1. The Balaban J connectivity index is 2.10. The lowest BCUT2D eigenvalue weighted by molar-refractivity contribution is 0.405. The van der Waals surface area contributed by atoms with E-state index in [4.69, 9.17) is 10.5 Å². The van der Waals surface area contributed by atoms with E-state index >= 15 is 0 Å². The molecule has 0 bridgehead atoms. The number of rotatable bonds is 5. The molecule has 2 N–H and O–H groups in total. The second-order valence-electron chi connectivity index (χ2n) is 5.12. The Kier molecular flexibility index (Phi) is 4.95. The molecule has 100 valence electrons. The van der Waals surface area contributed by atoms with Gasteiger partial charge >= 0.3 is 0 Å². The zero-order chi connectivity index (χ0) is 13.0. The van der Waals surface area contributed by atoms with Crippen LogP contribution in [0.15, 0.2) is 23.1 Å². The van der Waals surface area contributed by atoms with Gasteiger partial charge in [-0.2, -0.15) is 0 Å². The van der Waals surface area contributed by atoms with E-state index in [-0.39, 0.29) is 6.04 Å². The maximum atomic E-state index is 6.08. The maximum absolute atomic E-state index is 6.08. The molecule has 1 atom stereocenters. The summed E-state index contributed by atoms with van der Waals surface area (Å²) in [6, 6.07) is 6.24. The van der Waals surface area contributed by atoms with Crippen LogP contribution in [0.4, 0.5) is 0 Å². The largest absolute Gasteiger partial charge is 0.496 e. The van der Waals surface area contributed by atoms with E-state index in [2.05, 4.69) is 12.1 Å². The van der Waals surface area contributed by atoms with Crippen molar-refractivity contribution in [2.75, 3.05) is 12.9 Å². The zero-order valence-corrected chi connectivity index (χ0v) is 12.1. The molecule has 1 aliphatic carbocycles. The molecule has 2 rings (SSSR count). The van der Waals surface area contributed by atoms with E-state index in [1.807, 2.05) is 24.8 Å². The van der Waals surface area contributed by atoms with Crippen molar-refractivity contribution in [2.45, 2.75) is 43.5 Å². The van der Waals surface area contributed by atoms with Crippen molar-refractivity contribution >= 4 is 11.8 Å². The van der Waals surface area contributed by atoms with Crippen LogP contribution in [-0.2, 0) is 0 Å². The van der Waals surface area contributed by atoms with E-state index < -0.39 is 0 Å². The molecule has 1 aliphatic rings. The third-order valence-corrected chi connectivity index (χ3v) is 4.96. The molecule has 0 radical (unpaired) electrons. The van der Waals surface area contributed by atoms with Crippen molar-refractivity contribution in [3.63, 3.8) is 0 Å². The van der Waals surface area contributed by atoms with Gasteiger partial charge in [-0.3, -0.25) is 0 Å². The lowest BCUT2D eigenvalue weighted by Gasteiger charge is -2.17. The van der Waals surface area contributed by atoms with Crippen molar-refractivity contribution in [3.05, 3.63) is 23.8 Å². The molecule has 1 fully saturated rings. The first-order valence-corrected chi connectivity index (χ1v) is 7.76. The van der Waals surface area contributed by atoms with E-state index in [0.29, 0.717) is 0 Å². The second-order valence-corrected chi connectivity index (χ2v) is 6.18. The Morgan fingerprint density at radius 1 is 1.39 bits per heavy atom. The van der Waals surface area contributed by atoms with Crippen LogP contribution in [0.3, 0.4) is 0 Å². The summed E-state index contributed by atoms with van der Waals surface area (Å²) in [6.45, 7) is 2.03. The lowest BCUT2D eigenvalue weighted by Crippen LogP contribution is -2.09.